The molecule has 0 aliphatic heterocycles. The Labute approximate surface area is 101 Å². The number of benzene rings is 1. The maximum Gasteiger partial charge on any atom is 0.240 e. The fourth-order valence-corrected chi connectivity index (χ4v) is 2.57. The van der Waals surface area contributed by atoms with E-state index < -0.39 is 10.0 Å². The number of sulfonamides is 1. The summed E-state index contributed by atoms with van der Waals surface area (Å²) in [5, 5.41) is 0.407. The van der Waals surface area contributed by atoms with Crippen LogP contribution < -0.4 is 10.5 Å². The van der Waals surface area contributed by atoms with E-state index in [2.05, 4.69) is 4.72 Å². The quantitative estimate of drug-likeness (QED) is 0.761. The van der Waals surface area contributed by atoms with Crippen molar-refractivity contribution in [2.24, 2.45) is 5.73 Å². The first-order chi connectivity index (χ1) is 7.56. The van der Waals surface area contributed by atoms with Crippen LogP contribution in [0.5, 0.6) is 0 Å². The summed E-state index contributed by atoms with van der Waals surface area (Å²) in [6.45, 7) is 0.963. The standard InChI is InChI=1S/C10H15ClN2O2S/c11-9-4-3-5-10(8-9)16(14,15)13-7-2-1-6-12/h3-5,8,13H,1-2,6-7,12H2. The van der Waals surface area contributed by atoms with Gasteiger partial charge in [-0.1, -0.05) is 17.7 Å². The van der Waals surface area contributed by atoms with E-state index in [0.717, 1.165) is 12.8 Å². The second-order valence-corrected chi connectivity index (χ2v) is 5.55. The van der Waals surface area contributed by atoms with E-state index in [-0.39, 0.29) is 4.90 Å². The van der Waals surface area contributed by atoms with E-state index in [9.17, 15) is 8.42 Å². The molecule has 0 spiro atoms. The van der Waals surface area contributed by atoms with E-state index in [1.807, 2.05) is 0 Å². The lowest BCUT2D eigenvalue weighted by molar-refractivity contribution is 0.577. The highest BCUT2D eigenvalue weighted by molar-refractivity contribution is 7.89. The van der Waals surface area contributed by atoms with Crippen LogP contribution in [-0.2, 0) is 10.0 Å². The SMILES string of the molecule is NCCCCNS(=O)(=O)c1cccc(Cl)c1. The van der Waals surface area contributed by atoms with Gasteiger partial charge in [0.1, 0.15) is 0 Å². The molecular formula is C10H15ClN2O2S. The fraction of sp³-hybridized carbons (Fsp3) is 0.400. The Hall–Kier alpha value is -0.620. The van der Waals surface area contributed by atoms with Crippen LogP contribution in [0.25, 0.3) is 0 Å². The molecule has 0 aliphatic carbocycles. The molecule has 4 nitrogen and oxygen atoms in total. The summed E-state index contributed by atoms with van der Waals surface area (Å²) in [4.78, 5) is 0.188. The van der Waals surface area contributed by atoms with Gasteiger partial charge in [0, 0.05) is 11.6 Å². The van der Waals surface area contributed by atoms with Crippen molar-refractivity contribution >= 4 is 21.6 Å². The third-order valence-electron chi connectivity index (χ3n) is 2.03. The Balaban J connectivity index is 2.64. The lowest BCUT2D eigenvalue weighted by atomic mass is 10.3. The minimum Gasteiger partial charge on any atom is -0.330 e. The van der Waals surface area contributed by atoms with Gasteiger partial charge in [-0.05, 0) is 37.6 Å². The van der Waals surface area contributed by atoms with E-state index in [1.54, 1.807) is 12.1 Å². The number of nitrogens with two attached hydrogens (primary N) is 1. The predicted molar refractivity (Wildman–Crippen MR) is 64.9 cm³/mol. The van der Waals surface area contributed by atoms with Crippen molar-refractivity contribution in [3.8, 4) is 0 Å². The van der Waals surface area contributed by atoms with Gasteiger partial charge in [0.05, 0.1) is 4.90 Å². The molecule has 0 saturated heterocycles. The number of rotatable bonds is 6. The third-order valence-corrected chi connectivity index (χ3v) is 3.72. The van der Waals surface area contributed by atoms with Gasteiger partial charge in [0.2, 0.25) is 10.0 Å². The van der Waals surface area contributed by atoms with Crippen LogP contribution in [0.4, 0.5) is 0 Å². The van der Waals surface area contributed by atoms with Gasteiger partial charge in [0.25, 0.3) is 0 Å². The van der Waals surface area contributed by atoms with Crippen LogP contribution in [-0.4, -0.2) is 21.5 Å². The molecule has 1 aromatic carbocycles. The number of unbranched alkanes of at least 4 members (excludes halogenated alkanes) is 1. The molecule has 0 unspecified atom stereocenters. The highest BCUT2D eigenvalue weighted by Gasteiger charge is 2.12. The van der Waals surface area contributed by atoms with Crippen molar-refractivity contribution in [2.75, 3.05) is 13.1 Å². The monoisotopic (exact) mass is 262 g/mol. The van der Waals surface area contributed by atoms with Crippen molar-refractivity contribution in [2.45, 2.75) is 17.7 Å². The summed E-state index contributed by atoms with van der Waals surface area (Å²) >= 11 is 5.73. The Morgan fingerprint density at radius 2 is 2.06 bits per heavy atom. The van der Waals surface area contributed by atoms with Crippen molar-refractivity contribution in [3.63, 3.8) is 0 Å². The van der Waals surface area contributed by atoms with Crippen molar-refractivity contribution in [1.82, 2.24) is 4.72 Å². The summed E-state index contributed by atoms with van der Waals surface area (Å²) in [7, 11) is -3.44. The first kappa shape index (κ1) is 13.4. The summed E-state index contributed by atoms with van der Waals surface area (Å²) in [6.07, 6.45) is 1.54. The average molecular weight is 263 g/mol. The molecule has 16 heavy (non-hydrogen) atoms. The van der Waals surface area contributed by atoms with E-state index >= 15 is 0 Å². The van der Waals surface area contributed by atoms with Crippen molar-refractivity contribution < 1.29 is 8.42 Å². The molecule has 1 rings (SSSR count). The van der Waals surface area contributed by atoms with Gasteiger partial charge < -0.3 is 5.73 Å². The molecule has 0 radical (unpaired) electrons. The average Bonchev–Trinajstić information content (AvgIpc) is 2.24. The molecular weight excluding hydrogens is 248 g/mol. The van der Waals surface area contributed by atoms with Gasteiger partial charge in [-0.15, -0.1) is 0 Å². The lowest BCUT2D eigenvalue weighted by Gasteiger charge is -2.06. The van der Waals surface area contributed by atoms with Gasteiger partial charge in [-0.3, -0.25) is 0 Å². The first-order valence-corrected chi connectivity index (χ1v) is 6.87. The summed E-state index contributed by atoms with van der Waals surface area (Å²) in [5.41, 5.74) is 5.31. The van der Waals surface area contributed by atoms with Crippen molar-refractivity contribution in [3.05, 3.63) is 29.3 Å². The zero-order chi connectivity index (χ0) is 12.0. The van der Waals surface area contributed by atoms with Gasteiger partial charge in [-0.2, -0.15) is 0 Å². The molecule has 0 aromatic heterocycles. The van der Waals surface area contributed by atoms with Crippen molar-refractivity contribution in [1.29, 1.82) is 0 Å². The molecule has 0 atom stereocenters. The molecule has 0 aliphatic rings. The normalized spacial score (nSPS) is 11.6. The Kier molecular flexibility index (Phi) is 5.21. The van der Waals surface area contributed by atoms with Gasteiger partial charge in [-0.25, -0.2) is 13.1 Å². The lowest BCUT2D eigenvalue weighted by Crippen LogP contribution is -2.25. The zero-order valence-electron chi connectivity index (χ0n) is 8.82. The summed E-state index contributed by atoms with van der Waals surface area (Å²) < 4.78 is 26.0. The number of hydrogen-bond donors (Lipinski definition) is 2. The van der Waals surface area contributed by atoms with E-state index in [1.165, 1.54) is 12.1 Å². The molecule has 0 fully saturated rings. The second-order valence-electron chi connectivity index (χ2n) is 3.35. The van der Waals surface area contributed by atoms with Gasteiger partial charge >= 0.3 is 0 Å². The molecule has 3 N–H and O–H groups in total. The zero-order valence-corrected chi connectivity index (χ0v) is 10.4. The number of halogens is 1. The second kappa shape index (κ2) is 6.20. The number of nitrogens with one attached hydrogen (secondary N) is 1. The Morgan fingerprint density at radius 1 is 1.31 bits per heavy atom. The topological polar surface area (TPSA) is 72.2 Å². The maximum absolute atomic E-state index is 11.7. The molecule has 0 saturated carbocycles. The fourth-order valence-electron chi connectivity index (χ4n) is 1.19. The molecule has 0 amide bonds. The maximum atomic E-state index is 11.7. The third kappa shape index (κ3) is 4.09. The van der Waals surface area contributed by atoms with Gasteiger partial charge in [0.15, 0.2) is 0 Å². The highest BCUT2D eigenvalue weighted by atomic mass is 35.5. The molecule has 6 heteroatoms. The highest BCUT2D eigenvalue weighted by Crippen LogP contribution is 2.14. The molecule has 90 valence electrons. The smallest absolute Gasteiger partial charge is 0.240 e. The van der Waals surface area contributed by atoms with E-state index in [4.69, 9.17) is 17.3 Å². The van der Waals surface area contributed by atoms with Crippen LogP contribution in [0, 0.1) is 0 Å². The molecule has 0 bridgehead atoms. The Morgan fingerprint density at radius 3 is 2.69 bits per heavy atom. The Bertz CT molecular complexity index is 434. The minimum atomic E-state index is -3.44. The van der Waals surface area contributed by atoms with E-state index in [0.29, 0.717) is 18.1 Å². The van der Waals surface area contributed by atoms with Crippen LogP contribution in [0.1, 0.15) is 12.8 Å². The number of hydrogen-bond acceptors (Lipinski definition) is 3. The first-order valence-electron chi connectivity index (χ1n) is 5.01. The minimum absolute atomic E-state index is 0.188. The largest absolute Gasteiger partial charge is 0.330 e. The summed E-state index contributed by atoms with van der Waals surface area (Å²) in [5.74, 6) is 0. The molecule has 1 aromatic rings. The van der Waals surface area contributed by atoms with Crippen LogP contribution >= 0.6 is 11.6 Å². The predicted octanol–water partition coefficient (Wildman–Crippen LogP) is 1.36. The summed E-state index contributed by atoms with van der Waals surface area (Å²) in [6, 6.07) is 6.18. The van der Waals surface area contributed by atoms with Crippen LogP contribution in [0.2, 0.25) is 5.02 Å². The van der Waals surface area contributed by atoms with Crippen LogP contribution in [0.3, 0.4) is 0 Å². The molecule has 0 heterocycles. The van der Waals surface area contributed by atoms with Crippen LogP contribution in [0.15, 0.2) is 29.2 Å².